The van der Waals surface area contributed by atoms with Crippen molar-refractivity contribution in [3.63, 3.8) is 0 Å². The minimum absolute atomic E-state index is 0.372. The third-order valence-corrected chi connectivity index (χ3v) is 3.59. The van der Waals surface area contributed by atoms with Gasteiger partial charge in [-0.25, -0.2) is 0 Å². The summed E-state index contributed by atoms with van der Waals surface area (Å²) in [6.07, 6.45) is 0.249. The number of nitrogens with one attached hydrogen (secondary N) is 1. The van der Waals surface area contributed by atoms with Gasteiger partial charge in [0.25, 0.3) is 0 Å². The molecule has 1 aromatic carbocycles. The third-order valence-electron chi connectivity index (χ3n) is 3.00. The smallest absolute Gasteiger partial charge is 0.175 e. The quantitative estimate of drug-likeness (QED) is 0.736. The number of methoxy groups -OCH3 is 1. The van der Waals surface area contributed by atoms with E-state index < -0.39 is 6.10 Å². The van der Waals surface area contributed by atoms with E-state index in [9.17, 15) is 5.11 Å². The standard InChI is InChI=1S/C14H20BrNO4/c1-18-9-11(17)2-3-16-8-10-6-12(15)14-13(7-10)19-4-5-20-14/h6-7,11,16-17H,2-5,8-9H2,1H3. The van der Waals surface area contributed by atoms with Crippen molar-refractivity contribution in [1.29, 1.82) is 0 Å². The molecule has 20 heavy (non-hydrogen) atoms. The number of aliphatic hydroxyl groups excluding tert-OH is 1. The molecule has 1 atom stereocenters. The summed E-state index contributed by atoms with van der Waals surface area (Å²) in [5, 5.41) is 12.8. The van der Waals surface area contributed by atoms with Gasteiger partial charge in [-0.05, 0) is 46.6 Å². The molecular weight excluding hydrogens is 326 g/mol. The Labute approximate surface area is 127 Å². The maximum Gasteiger partial charge on any atom is 0.175 e. The van der Waals surface area contributed by atoms with Gasteiger partial charge >= 0.3 is 0 Å². The van der Waals surface area contributed by atoms with Gasteiger partial charge in [0.2, 0.25) is 0 Å². The van der Waals surface area contributed by atoms with Crippen molar-refractivity contribution >= 4 is 15.9 Å². The minimum atomic E-state index is -0.417. The highest BCUT2D eigenvalue weighted by atomic mass is 79.9. The van der Waals surface area contributed by atoms with Crippen molar-refractivity contribution in [2.24, 2.45) is 0 Å². The Hall–Kier alpha value is -0.820. The molecule has 6 heteroatoms. The van der Waals surface area contributed by atoms with E-state index in [2.05, 4.69) is 21.2 Å². The lowest BCUT2D eigenvalue weighted by Gasteiger charge is -2.20. The lowest BCUT2D eigenvalue weighted by Crippen LogP contribution is -2.23. The number of hydrogen-bond donors (Lipinski definition) is 2. The summed E-state index contributed by atoms with van der Waals surface area (Å²) in [5.41, 5.74) is 1.11. The van der Waals surface area contributed by atoms with Crippen molar-refractivity contribution in [3.8, 4) is 11.5 Å². The Morgan fingerprint density at radius 2 is 2.20 bits per heavy atom. The molecule has 0 amide bonds. The third kappa shape index (κ3) is 4.34. The van der Waals surface area contributed by atoms with E-state index >= 15 is 0 Å². The zero-order chi connectivity index (χ0) is 14.4. The van der Waals surface area contributed by atoms with Gasteiger partial charge < -0.3 is 24.6 Å². The van der Waals surface area contributed by atoms with Crippen molar-refractivity contribution in [3.05, 3.63) is 22.2 Å². The highest BCUT2D eigenvalue weighted by Gasteiger charge is 2.16. The molecule has 0 spiro atoms. The van der Waals surface area contributed by atoms with Gasteiger partial charge in [0.15, 0.2) is 11.5 Å². The predicted molar refractivity (Wildman–Crippen MR) is 79.3 cm³/mol. The number of benzene rings is 1. The average Bonchev–Trinajstić information content (AvgIpc) is 2.44. The molecule has 0 fully saturated rings. The van der Waals surface area contributed by atoms with Gasteiger partial charge in [-0.1, -0.05) is 0 Å². The van der Waals surface area contributed by atoms with Crippen LogP contribution in [0.5, 0.6) is 11.5 Å². The van der Waals surface area contributed by atoms with Gasteiger partial charge in [0.1, 0.15) is 13.2 Å². The lowest BCUT2D eigenvalue weighted by molar-refractivity contribution is 0.0594. The highest BCUT2D eigenvalue weighted by molar-refractivity contribution is 9.10. The maximum absolute atomic E-state index is 9.54. The molecule has 112 valence electrons. The molecule has 0 bridgehead atoms. The molecule has 0 aliphatic carbocycles. The van der Waals surface area contributed by atoms with Crippen LogP contribution in [0.1, 0.15) is 12.0 Å². The first-order valence-electron chi connectivity index (χ1n) is 6.66. The van der Waals surface area contributed by atoms with E-state index in [1.807, 2.05) is 12.1 Å². The van der Waals surface area contributed by atoms with Gasteiger partial charge in [-0.2, -0.15) is 0 Å². The Bertz CT molecular complexity index is 441. The highest BCUT2D eigenvalue weighted by Crippen LogP contribution is 2.38. The van der Waals surface area contributed by atoms with Crippen LogP contribution in [0, 0.1) is 0 Å². The van der Waals surface area contributed by atoms with E-state index in [-0.39, 0.29) is 0 Å². The van der Waals surface area contributed by atoms with Gasteiger partial charge in [-0.15, -0.1) is 0 Å². The first-order valence-corrected chi connectivity index (χ1v) is 7.45. The predicted octanol–water partition coefficient (Wildman–Crippen LogP) is 1.71. The monoisotopic (exact) mass is 345 g/mol. The average molecular weight is 346 g/mol. The summed E-state index contributed by atoms with van der Waals surface area (Å²) >= 11 is 3.50. The maximum atomic E-state index is 9.54. The Balaban J connectivity index is 1.83. The van der Waals surface area contributed by atoms with E-state index in [0.717, 1.165) is 34.6 Å². The van der Waals surface area contributed by atoms with Crippen LogP contribution in [0.2, 0.25) is 0 Å². The van der Waals surface area contributed by atoms with Gasteiger partial charge in [0.05, 0.1) is 17.2 Å². The number of hydrogen-bond acceptors (Lipinski definition) is 5. The second kappa shape index (κ2) is 7.83. The van der Waals surface area contributed by atoms with E-state index in [4.69, 9.17) is 14.2 Å². The lowest BCUT2D eigenvalue weighted by atomic mass is 10.2. The topological polar surface area (TPSA) is 60.0 Å². The summed E-state index contributed by atoms with van der Waals surface area (Å²) in [4.78, 5) is 0. The molecule has 2 rings (SSSR count). The summed E-state index contributed by atoms with van der Waals surface area (Å²) in [7, 11) is 1.59. The number of halogens is 1. The van der Waals surface area contributed by atoms with Crippen LogP contribution in [0.15, 0.2) is 16.6 Å². The molecule has 1 aliphatic heterocycles. The first-order chi connectivity index (χ1) is 9.70. The number of rotatable bonds is 7. The normalized spacial score (nSPS) is 15.2. The first kappa shape index (κ1) is 15.6. The molecule has 0 saturated heterocycles. The number of ether oxygens (including phenoxy) is 3. The summed E-state index contributed by atoms with van der Waals surface area (Å²) < 4.78 is 16.9. The Morgan fingerprint density at radius 1 is 1.40 bits per heavy atom. The molecule has 1 unspecified atom stereocenters. The van der Waals surface area contributed by atoms with Crippen LogP contribution in [0.4, 0.5) is 0 Å². The van der Waals surface area contributed by atoms with Gasteiger partial charge in [0, 0.05) is 13.7 Å². The Kier molecular flexibility index (Phi) is 6.09. The molecule has 0 saturated carbocycles. The van der Waals surface area contributed by atoms with Gasteiger partial charge in [-0.3, -0.25) is 0 Å². The fourth-order valence-electron chi connectivity index (χ4n) is 2.04. The van der Waals surface area contributed by atoms with Crippen LogP contribution in [0.3, 0.4) is 0 Å². The Morgan fingerprint density at radius 3 is 3.00 bits per heavy atom. The fraction of sp³-hybridized carbons (Fsp3) is 0.571. The van der Waals surface area contributed by atoms with Crippen molar-refractivity contribution < 1.29 is 19.3 Å². The van der Waals surface area contributed by atoms with Crippen molar-refractivity contribution in [2.45, 2.75) is 19.1 Å². The molecular formula is C14H20BrNO4. The summed E-state index contributed by atoms with van der Waals surface area (Å²) in [6, 6.07) is 4.00. The minimum Gasteiger partial charge on any atom is -0.486 e. The van der Waals surface area contributed by atoms with Crippen LogP contribution in [-0.4, -0.2) is 44.7 Å². The molecule has 1 aromatic rings. The number of fused-ring (bicyclic) bond motifs is 1. The molecule has 2 N–H and O–H groups in total. The molecule has 0 radical (unpaired) electrons. The summed E-state index contributed by atoms with van der Waals surface area (Å²) in [6.45, 7) is 2.99. The zero-order valence-corrected chi connectivity index (χ0v) is 13.1. The van der Waals surface area contributed by atoms with Crippen LogP contribution >= 0.6 is 15.9 Å². The van der Waals surface area contributed by atoms with E-state index in [1.54, 1.807) is 7.11 Å². The number of aliphatic hydroxyl groups is 1. The van der Waals surface area contributed by atoms with Crippen LogP contribution < -0.4 is 14.8 Å². The molecule has 1 heterocycles. The summed E-state index contributed by atoms with van der Waals surface area (Å²) in [5.74, 6) is 1.55. The van der Waals surface area contributed by atoms with E-state index in [0.29, 0.717) is 26.2 Å². The van der Waals surface area contributed by atoms with E-state index in [1.165, 1.54) is 0 Å². The largest absolute Gasteiger partial charge is 0.486 e. The molecule has 0 aromatic heterocycles. The zero-order valence-electron chi connectivity index (χ0n) is 11.5. The molecule has 5 nitrogen and oxygen atoms in total. The van der Waals surface area contributed by atoms with Crippen LogP contribution in [0.25, 0.3) is 0 Å². The second-order valence-electron chi connectivity index (χ2n) is 4.68. The fourth-order valence-corrected chi connectivity index (χ4v) is 2.65. The second-order valence-corrected chi connectivity index (χ2v) is 5.53. The van der Waals surface area contributed by atoms with Crippen molar-refractivity contribution in [2.75, 3.05) is 33.5 Å². The SMILES string of the molecule is COCC(O)CCNCc1cc(Br)c2c(c1)OCCO2. The molecule has 1 aliphatic rings. The van der Waals surface area contributed by atoms with Crippen molar-refractivity contribution in [1.82, 2.24) is 5.32 Å². The van der Waals surface area contributed by atoms with Crippen LogP contribution in [-0.2, 0) is 11.3 Å².